The zero-order chi connectivity index (χ0) is 20.2. The predicted octanol–water partition coefficient (Wildman–Crippen LogP) is 4.16. The molecule has 0 bridgehead atoms. The minimum absolute atomic E-state index is 0.00655. The lowest BCUT2D eigenvalue weighted by molar-refractivity contribution is -0.384. The van der Waals surface area contributed by atoms with Gasteiger partial charge in [-0.3, -0.25) is 14.9 Å². The van der Waals surface area contributed by atoms with E-state index in [0.29, 0.717) is 6.07 Å². The van der Waals surface area contributed by atoms with Gasteiger partial charge in [0, 0.05) is 25.2 Å². The molecule has 0 radical (unpaired) electrons. The van der Waals surface area contributed by atoms with E-state index in [1.165, 1.54) is 6.07 Å². The first kappa shape index (κ1) is 20.7. The second-order valence-corrected chi connectivity index (χ2v) is 5.96. The Hall–Kier alpha value is -2.59. The van der Waals surface area contributed by atoms with Gasteiger partial charge in [-0.2, -0.15) is 13.2 Å². The lowest BCUT2D eigenvalue weighted by atomic mass is 10.2. The molecule has 0 unspecified atom stereocenters. The number of nitrogens with one attached hydrogen (secondary N) is 2. The molecule has 0 aliphatic carbocycles. The lowest BCUT2D eigenvalue weighted by Crippen LogP contribution is -2.29. The number of halogens is 5. The number of carbonyl (C=O) groups is 1. The number of hydrogen-bond acceptors (Lipinski definition) is 5. The second-order valence-electron chi connectivity index (χ2n) is 5.17. The molecule has 144 valence electrons. The van der Waals surface area contributed by atoms with Crippen molar-refractivity contribution >= 4 is 40.6 Å². The van der Waals surface area contributed by atoms with Crippen LogP contribution in [0, 0.1) is 10.1 Å². The van der Waals surface area contributed by atoms with Gasteiger partial charge in [-0.05, 0) is 18.2 Å². The Kier molecular flexibility index (Phi) is 6.45. The summed E-state index contributed by atoms with van der Waals surface area (Å²) in [5.74, 6) is -0.780. The molecular weight excluding hydrogens is 412 g/mol. The topological polar surface area (TPSA) is 97.2 Å². The number of nitrogens with zero attached hydrogens (tertiary/aromatic N) is 2. The number of carbonyl (C=O) groups excluding carboxylic acids is 1. The van der Waals surface area contributed by atoms with E-state index >= 15 is 0 Å². The maximum atomic E-state index is 12.7. The Bertz CT molecular complexity index is 878. The fourth-order valence-corrected chi connectivity index (χ4v) is 2.43. The molecule has 0 fully saturated rings. The number of aromatic nitrogens is 1. The number of pyridine rings is 1. The number of nitro groups is 1. The van der Waals surface area contributed by atoms with Gasteiger partial charge in [0.25, 0.3) is 11.6 Å². The summed E-state index contributed by atoms with van der Waals surface area (Å²) in [5.41, 5.74) is -1.35. The van der Waals surface area contributed by atoms with Gasteiger partial charge in [-0.1, -0.05) is 23.2 Å². The third-order valence-corrected chi connectivity index (χ3v) is 3.77. The van der Waals surface area contributed by atoms with Crippen LogP contribution in [0.4, 0.5) is 24.7 Å². The van der Waals surface area contributed by atoms with E-state index in [9.17, 15) is 28.1 Å². The molecule has 2 aromatic rings. The van der Waals surface area contributed by atoms with Crippen LogP contribution in [0.5, 0.6) is 0 Å². The summed E-state index contributed by atoms with van der Waals surface area (Å²) in [6.07, 6.45) is -4.57. The minimum atomic E-state index is -4.57. The van der Waals surface area contributed by atoms with Gasteiger partial charge < -0.3 is 10.6 Å². The number of hydrogen-bond donors (Lipinski definition) is 2. The molecule has 7 nitrogen and oxygen atoms in total. The molecule has 12 heteroatoms. The Morgan fingerprint density at radius 1 is 1.19 bits per heavy atom. The van der Waals surface area contributed by atoms with Crippen molar-refractivity contribution in [2.75, 3.05) is 18.4 Å². The Morgan fingerprint density at radius 2 is 1.89 bits per heavy atom. The van der Waals surface area contributed by atoms with E-state index in [4.69, 9.17) is 23.2 Å². The molecule has 2 N–H and O–H groups in total. The summed E-state index contributed by atoms with van der Waals surface area (Å²) in [6, 6.07) is 4.88. The molecule has 2 rings (SSSR count). The average molecular weight is 423 g/mol. The summed E-state index contributed by atoms with van der Waals surface area (Å²) < 4.78 is 38.2. The van der Waals surface area contributed by atoms with Crippen LogP contribution < -0.4 is 10.6 Å². The highest BCUT2D eigenvalue weighted by atomic mass is 35.5. The lowest BCUT2D eigenvalue weighted by Gasteiger charge is -2.11. The predicted molar refractivity (Wildman–Crippen MR) is 93.2 cm³/mol. The number of non-ortho nitro benzene ring substituents is 1. The monoisotopic (exact) mass is 422 g/mol. The molecule has 0 saturated heterocycles. The summed E-state index contributed by atoms with van der Waals surface area (Å²) in [6.45, 7) is 0.0241. The minimum Gasteiger partial charge on any atom is -0.368 e. The molecule has 1 amide bonds. The number of rotatable bonds is 6. The first-order valence-electron chi connectivity index (χ1n) is 7.28. The zero-order valence-corrected chi connectivity index (χ0v) is 14.8. The van der Waals surface area contributed by atoms with Crippen molar-refractivity contribution < 1.29 is 22.9 Å². The molecule has 1 heterocycles. The van der Waals surface area contributed by atoms with Gasteiger partial charge in [0.2, 0.25) is 0 Å². The van der Waals surface area contributed by atoms with Crippen molar-refractivity contribution in [3.63, 3.8) is 0 Å². The normalized spacial score (nSPS) is 11.1. The Balaban J connectivity index is 1.96. The number of alkyl halides is 3. The third kappa shape index (κ3) is 5.69. The maximum absolute atomic E-state index is 12.7. The number of amides is 1. The molecule has 0 aliphatic heterocycles. The Labute approximate surface area is 160 Å². The molecule has 0 saturated carbocycles. The Morgan fingerprint density at radius 3 is 2.52 bits per heavy atom. The van der Waals surface area contributed by atoms with E-state index in [1.54, 1.807) is 0 Å². The first-order valence-corrected chi connectivity index (χ1v) is 8.04. The van der Waals surface area contributed by atoms with Crippen LogP contribution in [-0.4, -0.2) is 28.9 Å². The van der Waals surface area contributed by atoms with Crippen molar-refractivity contribution in [3.8, 4) is 0 Å². The summed E-state index contributed by atoms with van der Waals surface area (Å²) >= 11 is 11.4. The largest absolute Gasteiger partial charge is 0.416 e. The standard InChI is InChI=1S/C15H11Cl2F3N4O3/c16-11-2-1-9(24(26)27)7-10(11)14(25)22-4-3-21-13-6-8(15(18,19)20)5-12(17)23-13/h1-2,5-7H,3-4H2,(H,21,23)(H,22,25). The van der Waals surface area contributed by atoms with E-state index in [-0.39, 0.29) is 40.3 Å². The van der Waals surface area contributed by atoms with Crippen LogP contribution >= 0.6 is 23.2 Å². The SMILES string of the molecule is O=C(NCCNc1cc(C(F)(F)F)cc(Cl)n1)c1cc([N+](=O)[O-])ccc1Cl. The third-order valence-electron chi connectivity index (χ3n) is 3.24. The van der Waals surface area contributed by atoms with Crippen LogP contribution in [-0.2, 0) is 6.18 Å². The molecule has 27 heavy (non-hydrogen) atoms. The van der Waals surface area contributed by atoms with Gasteiger partial charge in [0.15, 0.2) is 0 Å². The van der Waals surface area contributed by atoms with E-state index in [0.717, 1.165) is 18.2 Å². The van der Waals surface area contributed by atoms with Gasteiger partial charge in [-0.15, -0.1) is 0 Å². The molecule has 1 aromatic heterocycles. The number of anilines is 1. The van der Waals surface area contributed by atoms with Crippen molar-refractivity contribution in [2.24, 2.45) is 0 Å². The van der Waals surface area contributed by atoms with Gasteiger partial charge in [0.05, 0.1) is 21.1 Å². The van der Waals surface area contributed by atoms with Gasteiger partial charge >= 0.3 is 6.18 Å². The van der Waals surface area contributed by atoms with Crippen LogP contribution in [0.15, 0.2) is 30.3 Å². The fourth-order valence-electron chi connectivity index (χ4n) is 2.01. The molecule has 0 atom stereocenters. The quantitative estimate of drug-likeness (QED) is 0.315. The van der Waals surface area contributed by atoms with E-state index in [2.05, 4.69) is 15.6 Å². The molecule has 0 spiro atoms. The van der Waals surface area contributed by atoms with Crippen LogP contribution in [0.3, 0.4) is 0 Å². The van der Waals surface area contributed by atoms with Gasteiger partial charge in [-0.25, -0.2) is 4.98 Å². The molecule has 1 aromatic carbocycles. The highest BCUT2D eigenvalue weighted by molar-refractivity contribution is 6.34. The van der Waals surface area contributed by atoms with Gasteiger partial charge in [0.1, 0.15) is 11.0 Å². The van der Waals surface area contributed by atoms with E-state index in [1.807, 2.05) is 0 Å². The second kappa shape index (κ2) is 8.40. The average Bonchev–Trinajstić information content (AvgIpc) is 2.57. The smallest absolute Gasteiger partial charge is 0.368 e. The molecule has 0 aliphatic rings. The highest BCUT2D eigenvalue weighted by Gasteiger charge is 2.31. The van der Waals surface area contributed by atoms with E-state index < -0.39 is 22.6 Å². The van der Waals surface area contributed by atoms with Crippen molar-refractivity contribution in [1.82, 2.24) is 10.3 Å². The highest BCUT2D eigenvalue weighted by Crippen LogP contribution is 2.31. The van der Waals surface area contributed by atoms with Crippen molar-refractivity contribution in [3.05, 3.63) is 61.7 Å². The van der Waals surface area contributed by atoms with Crippen molar-refractivity contribution in [2.45, 2.75) is 6.18 Å². The van der Waals surface area contributed by atoms with Crippen LogP contribution in [0.1, 0.15) is 15.9 Å². The maximum Gasteiger partial charge on any atom is 0.416 e. The summed E-state index contributed by atoms with van der Waals surface area (Å²) in [5, 5.41) is 15.5. The van der Waals surface area contributed by atoms with Crippen molar-refractivity contribution in [1.29, 1.82) is 0 Å². The molecular formula is C15H11Cl2F3N4O3. The number of benzene rings is 1. The summed E-state index contributed by atoms with van der Waals surface area (Å²) in [7, 11) is 0. The van der Waals surface area contributed by atoms with Crippen LogP contribution in [0.2, 0.25) is 10.2 Å². The van der Waals surface area contributed by atoms with Crippen LogP contribution in [0.25, 0.3) is 0 Å². The summed E-state index contributed by atoms with van der Waals surface area (Å²) in [4.78, 5) is 25.9. The first-order chi connectivity index (χ1) is 12.6. The fraction of sp³-hybridized carbons (Fsp3) is 0.200. The number of nitro benzene ring substituents is 1. The zero-order valence-electron chi connectivity index (χ0n) is 13.3.